The third kappa shape index (κ3) is 6.16. The van der Waals surface area contributed by atoms with Crippen molar-refractivity contribution in [3.63, 3.8) is 0 Å². The van der Waals surface area contributed by atoms with Gasteiger partial charge in [0.1, 0.15) is 18.4 Å². The molecule has 0 aromatic rings. The van der Waals surface area contributed by atoms with Crippen LogP contribution >= 0.6 is 0 Å². The van der Waals surface area contributed by atoms with Gasteiger partial charge in [-0.2, -0.15) is 0 Å². The van der Waals surface area contributed by atoms with Crippen molar-refractivity contribution < 1.29 is 18.3 Å². The summed E-state index contributed by atoms with van der Waals surface area (Å²) in [6.07, 6.45) is 12.5. The summed E-state index contributed by atoms with van der Waals surface area (Å²) in [4.78, 5) is 12.5. The van der Waals surface area contributed by atoms with Gasteiger partial charge in [0.15, 0.2) is 0 Å². The van der Waals surface area contributed by atoms with E-state index < -0.39 is 18.4 Å². The normalized spacial score (nSPS) is 39.5. The number of carbonyl (C=O) groups excluding carboxylic acids is 1. The predicted octanol–water partition coefficient (Wildman–Crippen LogP) is 6.95. The van der Waals surface area contributed by atoms with E-state index in [1.54, 1.807) is 0 Å². The van der Waals surface area contributed by atoms with Gasteiger partial charge in [0.25, 0.3) is 0 Å². The van der Waals surface area contributed by atoms with E-state index in [9.17, 15) is 13.6 Å². The number of carbonyl (C=O) groups is 1. The van der Waals surface area contributed by atoms with Crippen molar-refractivity contribution in [1.82, 2.24) is 0 Å². The number of rotatable bonds is 7. The third-order valence-electron chi connectivity index (χ3n) is 7.81. The minimum atomic E-state index is -1.47. The molecule has 0 N–H and O–H groups in total. The smallest absolute Gasteiger partial charge is 0.309 e. The van der Waals surface area contributed by atoms with Crippen molar-refractivity contribution in [3.05, 3.63) is 0 Å². The monoisotopic (exact) mass is 398 g/mol. The van der Waals surface area contributed by atoms with Crippen LogP contribution in [-0.2, 0) is 9.53 Å². The number of alkyl halides is 2. The molecule has 0 aromatic heterocycles. The van der Waals surface area contributed by atoms with Crippen LogP contribution in [-0.4, -0.2) is 24.4 Å². The summed E-state index contributed by atoms with van der Waals surface area (Å²) in [7, 11) is 0. The van der Waals surface area contributed by atoms with Gasteiger partial charge in [0.05, 0.1) is 5.92 Å². The van der Waals surface area contributed by atoms with Crippen LogP contribution in [0.15, 0.2) is 0 Å². The molecule has 3 aliphatic rings. The first-order chi connectivity index (χ1) is 13.6. The van der Waals surface area contributed by atoms with Gasteiger partial charge in [-0.15, -0.1) is 0 Å². The Balaban J connectivity index is 1.34. The Morgan fingerprint density at radius 2 is 1.46 bits per heavy atom. The van der Waals surface area contributed by atoms with Gasteiger partial charge in [0.2, 0.25) is 0 Å². The first-order valence-corrected chi connectivity index (χ1v) is 12.1. The summed E-state index contributed by atoms with van der Waals surface area (Å²) < 4.78 is 32.3. The molecule has 2 nitrogen and oxygen atoms in total. The fraction of sp³-hybridized carbons (Fsp3) is 0.958. The molecule has 3 fully saturated rings. The number of unbranched alkanes of at least 4 members (excludes halogenated alkanes) is 2. The van der Waals surface area contributed by atoms with E-state index in [1.807, 2.05) is 0 Å². The molecule has 0 saturated heterocycles. The van der Waals surface area contributed by atoms with Crippen molar-refractivity contribution in [2.75, 3.05) is 0 Å². The van der Waals surface area contributed by atoms with Crippen LogP contribution in [0.3, 0.4) is 0 Å². The molecule has 3 unspecified atom stereocenters. The van der Waals surface area contributed by atoms with E-state index in [2.05, 4.69) is 6.92 Å². The largest absolute Gasteiger partial charge is 0.462 e. The lowest BCUT2D eigenvalue weighted by molar-refractivity contribution is -0.159. The molecule has 4 heteroatoms. The molecule has 0 spiro atoms. The number of esters is 1. The zero-order valence-electron chi connectivity index (χ0n) is 17.7. The second-order valence-corrected chi connectivity index (χ2v) is 9.79. The summed E-state index contributed by atoms with van der Waals surface area (Å²) in [6.45, 7) is 2.27. The first-order valence-electron chi connectivity index (χ1n) is 12.1. The molecule has 3 atom stereocenters. The quantitative estimate of drug-likeness (QED) is 0.342. The highest BCUT2D eigenvalue weighted by Crippen LogP contribution is 2.42. The predicted molar refractivity (Wildman–Crippen MR) is 109 cm³/mol. The van der Waals surface area contributed by atoms with Crippen molar-refractivity contribution in [2.24, 2.45) is 23.7 Å². The third-order valence-corrected chi connectivity index (χ3v) is 7.81. The van der Waals surface area contributed by atoms with Crippen LogP contribution < -0.4 is 0 Å². The summed E-state index contributed by atoms with van der Waals surface area (Å²) in [5.41, 5.74) is 0. The lowest BCUT2D eigenvalue weighted by Gasteiger charge is -2.38. The van der Waals surface area contributed by atoms with Gasteiger partial charge < -0.3 is 4.74 Å². The van der Waals surface area contributed by atoms with E-state index in [0.717, 1.165) is 43.4 Å². The Bertz CT molecular complexity index is 467. The van der Waals surface area contributed by atoms with Gasteiger partial charge in [-0.05, 0) is 69.1 Å². The summed E-state index contributed by atoms with van der Waals surface area (Å²) >= 11 is 0. The summed E-state index contributed by atoms with van der Waals surface area (Å²) in [5.74, 6) is 2.40. The molecular weight excluding hydrogens is 358 g/mol. The Kier molecular flexibility index (Phi) is 8.59. The lowest BCUT2D eigenvalue weighted by Crippen LogP contribution is -2.36. The van der Waals surface area contributed by atoms with Gasteiger partial charge in [-0.1, -0.05) is 45.4 Å². The Labute approximate surface area is 170 Å². The molecule has 3 rings (SSSR count). The molecule has 28 heavy (non-hydrogen) atoms. The molecule has 0 radical (unpaired) electrons. The average Bonchev–Trinajstić information content (AvgIpc) is 2.72. The highest BCUT2D eigenvalue weighted by Gasteiger charge is 2.36. The van der Waals surface area contributed by atoms with Crippen LogP contribution in [0.1, 0.15) is 103 Å². The second kappa shape index (κ2) is 10.9. The van der Waals surface area contributed by atoms with Crippen LogP contribution in [0.5, 0.6) is 0 Å². The fourth-order valence-electron chi connectivity index (χ4n) is 5.87. The van der Waals surface area contributed by atoms with Gasteiger partial charge in [0, 0.05) is 6.42 Å². The maximum Gasteiger partial charge on any atom is 0.309 e. The zero-order valence-corrected chi connectivity index (χ0v) is 17.7. The number of halogens is 2. The SMILES string of the molecule is CCCCCC1CCC(C2CCC(C(=O)OC3CCC(F)C(F)C3)CC2)CC1. The molecule has 162 valence electrons. The van der Waals surface area contributed by atoms with Crippen LogP contribution in [0.25, 0.3) is 0 Å². The maximum absolute atomic E-state index is 13.5. The first kappa shape index (κ1) is 22.0. The van der Waals surface area contributed by atoms with E-state index in [1.165, 1.54) is 51.4 Å². The number of ether oxygens (including phenoxy) is 1. The number of hydrogen-bond acceptors (Lipinski definition) is 2. The van der Waals surface area contributed by atoms with Crippen LogP contribution in [0.2, 0.25) is 0 Å². The topological polar surface area (TPSA) is 26.3 Å². The highest BCUT2D eigenvalue weighted by molar-refractivity contribution is 5.72. The second-order valence-electron chi connectivity index (χ2n) is 9.79. The summed E-state index contributed by atoms with van der Waals surface area (Å²) in [5, 5.41) is 0. The van der Waals surface area contributed by atoms with Crippen LogP contribution in [0.4, 0.5) is 8.78 Å². The van der Waals surface area contributed by atoms with Crippen LogP contribution in [0, 0.1) is 23.7 Å². The van der Waals surface area contributed by atoms with E-state index in [0.29, 0.717) is 6.42 Å². The fourth-order valence-corrected chi connectivity index (χ4v) is 5.87. The van der Waals surface area contributed by atoms with E-state index >= 15 is 0 Å². The van der Waals surface area contributed by atoms with Gasteiger partial charge in [-0.3, -0.25) is 4.79 Å². The van der Waals surface area contributed by atoms with Gasteiger partial charge >= 0.3 is 5.97 Å². The Morgan fingerprint density at radius 1 is 0.821 bits per heavy atom. The van der Waals surface area contributed by atoms with Crippen molar-refractivity contribution >= 4 is 5.97 Å². The highest BCUT2D eigenvalue weighted by atomic mass is 19.2. The molecule has 3 saturated carbocycles. The van der Waals surface area contributed by atoms with Crippen molar-refractivity contribution in [3.8, 4) is 0 Å². The maximum atomic E-state index is 13.5. The standard InChI is InChI=1S/C24H40F2O2/c1-2-3-4-5-17-6-8-18(9-7-17)19-10-12-20(13-11-19)24(27)28-21-14-15-22(25)23(26)16-21/h17-23H,2-16H2,1H3. The Morgan fingerprint density at radius 3 is 2.07 bits per heavy atom. The molecule has 3 aliphatic carbocycles. The Hall–Kier alpha value is -0.670. The zero-order chi connectivity index (χ0) is 19.9. The average molecular weight is 399 g/mol. The van der Waals surface area contributed by atoms with Crippen molar-refractivity contribution in [1.29, 1.82) is 0 Å². The minimum absolute atomic E-state index is 0.0252. The molecule has 0 aromatic carbocycles. The minimum Gasteiger partial charge on any atom is -0.462 e. The molecule has 0 heterocycles. The lowest BCUT2D eigenvalue weighted by atomic mass is 9.68. The van der Waals surface area contributed by atoms with E-state index in [-0.39, 0.29) is 24.7 Å². The van der Waals surface area contributed by atoms with E-state index in [4.69, 9.17) is 4.74 Å². The molecular formula is C24H40F2O2. The number of hydrogen-bond donors (Lipinski definition) is 0. The van der Waals surface area contributed by atoms with Crippen molar-refractivity contribution in [2.45, 2.75) is 122 Å². The molecule has 0 bridgehead atoms. The molecule has 0 aliphatic heterocycles. The molecule has 0 amide bonds. The summed E-state index contributed by atoms with van der Waals surface area (Å²) in [6, 6.07) is 0. The van der Waals surface area contributed by atoms with Gasteiger partial charge in [-0.25, -0.2) is 8.78 Å².